The van der Waals surface area contributed by atoms with Gasteiger partial charge in [-0.2, -0.15) is 0 Å². The summed E-state index contributed by atoms with van der Waals surface area (Å²) in [5.41, 5.74) is 3.34. The SMILES string of the molecule is O=C(Nc1ccccc1)C1CC(C=Nc2ccccc2)=C(Cl)C(C=Nc2ccccc2)C1. The summed E-state index contributed by atoms with van der Waals surface area (Å²) in [6.45, 7) is 0. The van der Waals surface area contributed by atoms with Gasteiger partial charge in [-0.3, -0.25) is 14.8 Å². The quantitative estimate of drug-likeness (QED) is 0.413. The monoisotopic (exact) mass is 441 g/mol. The Bertz CT molecular complexity index is 1130. The molecule has 0 saturated heterocycles. The third kappa shape index (κ3) is 5.80. The third-order valence-electron chi connectivity index (χ3n) is 5.33. The molecule has 0 aromatic heterocycles. The predicted molar refractivity (Wildman–Crippen MR) is 133 cm³/mol. The van der Waals surface area contributed by atoms with Crippen molar-refractivity contribution in [1.82, 2.24) is 0 Å². The van der Waals surface area contributed by atoms with Gasteiger partial charge in [-0.15, -0.1) is 0 Å². The molecule has 0 heterocycles. The van der Waals surface area contributed by atoms with Gasteiger partial charge in [0.05, 0.1) is 11.4 Å². The van der Waals surface area contributed by atoms with Crippen molar-refractivity contribution < 1.29 is 4.79 Å². The van der Waals surface area contributed by atoms with Gasteiger partial charge in [-0.1, -0.05) is 66.2 Å². The molecule has 5 heteroatoms. The minimum atomic E-state index is -0.234. The molecule has 1 aliphatic rings. The van der Waals surface area contributed by atoms with Crippen LogP contribution in [0.5, 0.6) is 0 Å². The van der Waals surface area contributed by atoms with Crippen LogP contribution in [0.2, 0.25) is 0 Å². The molecular weight excluding hydrogens is 418 g/mol. The Balaban J connectivity index is 1.58. The van der Waals surface area contributed by atoms with E-state index in [1.165, 1.54) is 0 Å². The van der Waals surface area contributed by atoms with E-state index >= 15 is 0 Å². The molecule has 4 rings (SSSR count). The van der Waals surface area contributed by atoms with Crippen LogP contribution in [-0.4, -0.2) is 18.3 Å². The number of allylic oxidation sites excluding steroid dienone is 2. The van der Waals surface area contributed by atoms with Crippen LogP contribution in [0.3, 0.4) is 0 Å². The van der Waals surface area contributed by atoms with E-state index in [0.717, 1.165) is 22.6 Å². The van der Waals surface area contributed by atoms with Gasteiger partial charge in [0.15, 0.2) is 0 Å². The number of nitrogens with one attached hydrogen (secondary N) is 1. The second-order valence-electron chi connectivity index (χ2n) is 7.68. The summed E-state index contributed by atoms with van der Waals surface area (Å²) >= 11 is 6.78. The molecule has 2 atom stereocenters. The van der Waals surface area contributed by atoms with E-state index in [1.54, 1.807) is 6.21 Å². The maximum absolute atomic E-state index is 13.0. The fourth-order valence-corrected chi connectivity index (χ4v) is 3.93. The van der Waals surface area contributed by atoms with Gasteiger partial charge in [0.1, 0.15) is 0 Å². The molecular formula is C27H24ClN3O. The lowest BCUT2D eigenvalue weighted by Crippen LogP contribution is -2.29. The van der Waals surface area contributed by atoms with Crippen molar-refractivity contribution in [3.05, 3.63) is 102 Å². The highest BCUT2D eigenvalue weighted by Gasteiger charge is 2.31. The van der Waals surface area contributed by atoms with E-state index < -0.39 is 0 Å². The van der Waals surface area contributed by atoms with E-state index in [9.17, 15) is 4.79 Å². The molecule has 1 amide bonds. The fraction of sp³-hybridized carbons (Fsp3) is 0.148. The maximum atomic E-state index is 13.0. The summed E-state index contributed by atoms with van der Waals surface area (Å²) in [6.07, 6.45) is 4.75. The molecule has 3 aromatic rings. The van der Waals surface area contributed by atoms with E-state index in [2.05, 4.69) is 15.3 Å². The van der Waals surface area contributed by atoms with Gasteiger partial charge in [0, 0.05) is 35.0 Å². The average molecular weight is 442 g/mol. The van der Waals surface area contributed by atoms with Crippen molar-refractivity contribution in [2.75, 3.05) is 5.32 Å². The van der Waals surface area contributed by atoms with Gasteiger partial charge in [-0.25, -0.2) is 0 Å². The number of anilines is 1. The van der Waals surface area contributed by atoms with Gasteiger partial charge in [-0.05, 0) is 54.8 Å². The van der Waals surface area contributed by atoms with Crippen molar-refractivity contribution in [2.24, 2.45) is 21.8 Å². The number of carbonyl (C=O) groups is 1. The average Bonchev–Trinajstić information content (AvgIpc) is 2.84. The summed E-state index contributed by atoms with van der Waals surface area (Å²) in [5, 5.41) is 3.71. The van der Waals surface area contributed by atoms with Crippen LogP contribution in [0.4, 0.5) is 17.1 Å². The minimum absolute atomic E-state index is 0.0240. The van der Waals surface area contributed by atoms with Crippen molar-refractivity contribution in [1.29, 1.82) is 0 Å². The number of hydrogen-bond donors (Lipinski definition) is 1. The highest BCUT2D eigenvalue weighted by Crippen LogP contribution is 2.36. The van der Waals surface area contributed by atoms with Crippen LogP contribution in [0.15, 0.2) is 112 Å². The van der Waals surface area contributed by atoms with E-state index in [1.807, 2.05) is 97.2 Å². The number of nitrogens with zero attached hydrogens (tertiary/aromatic N) is 2. The lowest BCUT2D eigenvalue weighted by atomic mass is 9.82. The van der Waals surface area contributed by atoms with Crippen LogP contribution in [0, 0.1) is 11.8 Å². The maximum Gasteiger partial charge on any atom is 0.227 e. The van der Waals surface area contributed by atoms with Crippen molar-refractivity contribution in [2.45, 2.75) is 12.8 Å². The Labute approximate surface area is 193 Å². The predicted octanol–water partition coefficient (Wildman–Crippen LogP) is 6.95. The molecule has 0 bridgehead atoms. The minimum Gasteiger partial charge on any atom is -0.326 e. The number of rotatable bonds is 6. The highest BCUT2D eigenvalue weighted by molar-refractivity contribution is 6.32. The van der Waals surface area contributed by atoms with Crippen LogP contribution < -0.4 is 5.32 Å². The smallest absolute Gasteiger partial charge is 0.227 e. The number of para-hydroxylation sites is 3. The van der Waals surface area contributed by atoms with Crippen LogP contribution in [-0.2, 0) is 4.79 Å². The zero-order valence-electron chi connectivity index (χ0n) is 17.6. The molecule has 1 aliphatic carbocycles. The second-order valence-corrected chi connectivity index (χ2v) is 8.09. The topological polar surface area (TPSA) is 53.8 Å². The summed E-state index contributed by atoms with van der Waals surface area (Å²) in [6, 6.07) is 28.9. The Morgan fingerprint density at radius 2 is 1.41 bits per heavy atom. The number of hydrogen-bond acceptors (Lipinski definition) is 3. The molecule has 0 fully saturated rings. The number of aliphatic imine (C=N–C) groups is 2. The van der Waals surface area contributed by atoms with Gasteiger partial charge in [0.2, 0.25) is 5.91 Å². The Kier molecular flexibility index (Phi) is 7.26. The molecule has 0 spiro atoms. The summed E-state index contributed by atoms with van der Waals surface area (Å²) in [7, 11) is 0. The third-order valence-corrected chi connectivity index (χ3v) is 5.86. The molecule has 0 saturated carbocycles. The van der Waals surface area contributed by atoms with E-state index in [-0.39, 0.29) is 17.7 Å². The lowest BCUT2D eigenvalue weighted by molar-refractivity contribution is -0.120. The molecule has 4 nitrogen and oxygen atoms in total. The fourth-order valence-electron chi connectivity index (χ4n) is 3.66. The number of halogens is 1. The zero-order chi connectivity index (χ0) is 22.2. The molecule has 1 N–H and O–H groups in total. The van der Waals surface area contributed by atoms with Gasteiger partial charge in [0.25, 0.3) is 0 Å². The molecule has 0 aliphatic heterocycles. The second kappa shape index (κ2) is 10.7. The van der Waals surface area contributed by atoms with Crippen molar-refractivity contribution in [3.63, 3.8) is 0 Å². The highest BCUT2D eigenvalue weighted by atomic mass is 35.5. The Morgan fingerprint density at radius 3 is 2.03 bits per heavy atom. The molecule has 0 radical (unpaired) electrons. The largest absolute Gasteiger partial charge is 0.326 e. The lowest BCUT2D eigenvalue weighted by Gasteiger charge is -2.27. The molecule has 3 aromatic carbocycles. The summed E-state index contributed by atoms with van der Waals surface area (Å²) in [4.78, 5) is 22.2. The van der Waals surface area contributed by atoms with Crippen LogP contribution in [0.1, 0.15) is 12.8 Å². The standard InChI is InChI=1S/C27H24ClN3O/c28-26-21(18-29-23-10-4-1-5-11-23)16-20(27(32)31-25-14-8-3-9-15-25)17-22(26)19-30-24-12-6-2-7-13-24/h1-15,18-21H,16-17H2,(H,31,32). The van der Waals surface area contributed by atoms with E-state index in [4.69, 9.17) is 11.6 Å². The van der Waals surface area contributed by atoms with Crippen LogP contribution in [0.25, 0.3) is 0 Å². The molecule has 160 valence electrons. The first-order valence-electron chi connectivity index (χ1n) is 10.6. The Hall–Kier alpha value is -3.50. The Morgan fingerprint density at radius 1 is 0.844 bits per heavy atom. The van der Waals surface area contributed by atoms with Crippen molar-refractivity contribution in [3.8, 4) is 0 Å². The number of amides is 1. The summed E-state index contributed by atoms with van der Waals surface area (Å²) in [5.74, 6) is -0.416. The van der Waals surface area contributed by atoms with Crippen LogP contribution >= 0.6 is 11.6 Å². The number of carbonyl (C=O) groups excluding carboxylic acids is 1. The van der Waals surface area contributed by atoms with Gasteiger partial charge >= 0.3 is 0 Å². The normalized spacial score (nSPS) is 18.9. The first-order chi connectivity index (χ1) is 15.7. The van der Waals surface area contributed by atoms with E-state index in [0.29, 0.717) is 17.9 Å². The number of benzene rings is 3. The molecule has 32 heavy (non-hydrogen) atoms. The summed E-state index contributed by atoms with van der Waals surface area (Å²) < 4.78 is 0. The van der Waals surface area contributed by atoms with Crippen molar-refractivity contribution >= 4 is 47.0 Å². The molecule has 2 unspecified atom stereocenters. The zero-order valence-corrected chi connectivity index (χ0v) is 18.3. The first-order valence-corrected chi connectivity index (χ1v) is 11.0. The first kappa shape index (κ1) is 21.7. The van der Waals surface area contributed by atoms with Gasteiger partial charge < -0.3 is 5.32 Å².